The van der Waals surface area contributed by atoms with Gasteiger partial charge in [0.05, 0.1) is 13.2 Å². The van der Waals surface area contributed by atoms with Crippen LogP contribution in [-0.2, 0) is 4.84 Å². The second kappa shape index (κ2) is 7.48. The van der Waals surface area contributed by atoms with Crippen molar-refractivity contribution in [3.8, 4) is 11.8 Å². The predicted octanol–water partition coefficient (Wildman–Crippen LogP) is 0.941. The number of hydrogen-bond acceptors (Lipinski definition) is 2. The van der Waals surface area contributed by atoms with Crippen LogP contribution in [0.1, 0.15) is 20.3 Å². The molecular weight excluding hydrogens is 114 g/mol. The topological polar surface area (TPSA) is 21.3 Å². The van der Waals surface area contributed by atoms with Crippen molar-refractivity contribution in [2.24, 2.45) is 0 Å². The van der Waals surface area contributed by atoms with E-state index < -0.39 is 0 Å². The molecule has 0 aliphatic rings. The van der Waals surface area contributed by atoms with E-state index in [-0.39, 0.29) is 0 Å². The highest BCUT2D eigenvalue weighted by Gasteiger charge is 1.78. The summed E-state index contributed by atoms with van der Waals surface area (Å²) in [5, 5.41) is 0. The maximum absolute atomic E-state index is 4.93. The first-order valence-corrected chi connectivity index (χ1v) is 3.16. The van der Waals surface area contributed by atoms with Crippen LogP contribution in [0.3, 0.4) is 0 Å². The summed E-state index contributed by atoms with van der Waals surface area (Å²) in [7, 11) is 0. The molecule has 0 aromatic heterocycles. The van der Waals surface area contributed by atoms with Gasteiger partial charge >= 0.3 is 0 Å². The van der Waals surface area contributed by atoms with Gasteiger partial charge in [-0.1, -0.05) is 12.8 Å². The van der Waals surface area contributed by atoms with Crippen LogP contribution in [-0.4, -0.2) is 13.2 Å². The zero-order valence-corrected chi connectivity index (χ0v) is 6.03. The average molecular weight is 127 g/mol. The van der Waals surface area contributed by atoms with Gasteiger partial charge in [0.15, 0.2) is 0 Å². The minimum atomic E-state index is 0.622. The summed E-state index contributed by atoms with van der Waals surface area (Å²) >= 11 is 0. The first-order valence-electron chi connectivity index (χ1n) is 3.16. The van der Waals surface area contributed by atoms with Crippen molar-refractivity contribution < 1.29 is 4.84 Å². The summed E-state index contributed by atoms with van der Waals surface area (Å²) < 4.78 is 0. The zero-order valence-electron chi connectivity index (χ0n) is 6.03. The minimum absolute atomic E-state index is 0.622. The van der Waals surface area contributed by atoms with Gasteiger partial charge in [-0.15, -0.1) is 5.92 Å². The molecule has 9 heavy (non-hydrogen) atoms. The molecule has 0 aromatic carbocycles. The van der Waals surface area contributed by atoms with E-state index in [1.165, 1.54) is 0 Å². The highest BCUT2D eigenvalue weighted by Crippen LogP contribution is 1.72. The summed E-state index contributed by atoms with van der Waals surface area (Å²) in [5.41, 5.74) is 2.71. The summed E-state index contributed by atoms with van der Waals surface area (Å²) in [6.07, 6.45) is 1.03. The lowest BCUT2D eigenvalue weighted by molar-refractivity contribution is 0.0503. The summed E-state index contributed by atoms with van der Waals surface area (Å²) in [4.78, 5) is 4.93. The van der Waals surface area contributed by atoms with Gasteiger partial charge in [-0.05, 0) is 13.3 Å². The molecular formula is C7H13NO. The van der Waals surface area contributed by atoms with Crippen LogP contribution < -0.4 is 5.48 Å². The average Bonchev–Trinajstić information content (AvgIpc) is 1.89. The van der Waals surface area contributed by atoms with Crippen molar-refractivity contribution in [1.82, 2.24) is 5.48 Å². The molecule has 1 N–H and O–H groups in total. The molecule has 0 amide bonds. The van der Waals surface area contributed by atoms with Gasteiger partial charge in [0.2, 0.25) is 0 Å². The highest BCUT2D eigenvalue weighted by atomic mass is 16.6. The lowest BCUT2D eigenvalue weighted by Crippen LogP contribution is -2.14. The van der Waals surface area contributed by atoms with Crippen molar-refractivity contribution in [1.29, 1.82) is 0 Å². The quantitative estimate of drug-likeness (QED) is 0.345. The maximum atomic E-state index is 4.93. The van der Waals surface area contributed by atoms with Gasteiger partial charge in [0.1, 0.15) is 0 Å². The summed E-state index contributed by atoms with van der Waals surface area (Å²) in [5.74, 6) is 5.57. The van der Waals surface area contributed by atoms with Crippen LogP contribution >= 0.6 is 0 Å². The molecule has 0 bridgehead atoms. The smallest absolute Gasteiger partial charge is 0.0821 e. The Morgan fingerprint density at radius 3 is 2.89 bits per heavy atom. The maximum Gasteiger partial charge on any atom is 0.0821 e. The van der Waals surface area contributed by atoms with Crippen molar-refractivity contribution in [3.05, 3.63) is 0 Å². The molecule has 0 fully saturated rings. The van der Waals surface area contributed by atoms with E-state index in [0.717, 1.165) is 13.0 Å². The lowest BCUT2D eigenvalue weighted by atomic mass is 10.5. The second-order valence-electron chi connectivity index (χ2n) is 1.60. The van der Waals surface area contributed by atoms with Crippen LogP contribution in [0.2, 0.25) is 0 Å². The monoisotopic (exact) mass is 127 g/mol. The van der Waals surface area contributed by atoms with E-state index in [0.29, 0.717) is 6.54 Å². The first kappa shape index (κ1) is 8.48. The van der Waals surface area contributed by atoms with E-state index in [2.05, 4.69) is 24.2 Å². The van der Waals surface area contributed by atoms with Gasteiger partial charge < -0.3 is 4.84 Å². The van der Waals surface area contributed by atoms with Crippen LogP contribution in [0.25, 0.3) is 0 Å². The van der Waals surface area contributed by atoms with Crippen molar-refractivity contribution in [3.63, 3.8) is 0 Å². The van der Waals surface area contributed by atoms with Gasteiger partial charge in [-0.3, -0.25) is 0 Å². The number of rotatable bonds is 4. The molecule has 0 unspecified atom stereocenters. The molecule has 0 aromatic rings. The van der Waals surface area contributed by atoms with Crippen molar-refractivity contribution in [2.75, 3.05) is 13.2 Å². The van der Waals surface area contributed by atoms with Crippen molar-refractivity contribution in [2.45, 2.75) is 20.3 Å². The van der Waals surface area contributed by atoms with Crippen LogP contribution in [0.4, 0.5) is 0 Å². The van der Waals surface area contributed by atoms with Crippen molar-refractivity contribution >= 4 is 0 Å². The number of nitrogens with one attached hydrogen (secondary N) is 1. The number of hydrogen-bond donors (Lipinski definition) is 1. The van der Waals surface area contributed by atoms with E-state index in [1.807, 2.05) is 6.92 Å². The summed E-state index contributed by atoms with van der Waals surface area (Å²) in [6.45, 7) is 5.25. The Morgan fingerprint density at radius 1 is 1.56 bits per heavy atom. The Labute approximate surface area is 56.5 Å². The van der Waals surface area contributed by atoms with E-state index in [1.54, 1.807) is 0 Å². The van der Waals surface area contributed by atoms with Crippen LogP contribution in [0.5, 0.6) is 0 Å². The van der Waals surface area contributed by atoms with E-state index in [9.17, 15) is 0 Å². The van der Waals surface area contributed by atoms with Gasteiger partial charge in [0, 0.05) is 0 Å². The molecule has 0 saturated heterocycles. The standard InChI is InChI=1S/C7H13NO/c1-3-5-6-8-9-7-4-2/h8H,4,6-7H2,1-2H3. The van der Waals surface area contributed by atoms with Crippen LogP contribution in [0, 0.1) is 11.8 Å². The molecule has 0 aliphatic heterocycles. The first-order chi connectivity index (χ1) is 4.41. The molecule has 2 nitrogen and oxygen atoms in total. The predicted molar refractivity (Wildman–Crippen MR) is 37.7 cm³/mol. The molecule has 52 valence electrons. The normalized spacial score (nSPS) is 8.22. The SMILES string of the molecule is CC#CCNOCCC. The Morgan fingerprint density at radius 2 is 2.33 bits per heavy atom. The molecule has 0 spiro atoms. The Kier molecular flexibility index (Phi) is 7.05. The molecule has 0 aliphatic carbocycles. The Balaban J connectivity index is 2.80. The molecule has 0 atom stereocenters. The van der Waals surface area contributed by atoms with Gasteiger partial charge in [-0.25, -0.2) is 0 Å². The molecule has 0 saturated carbocycles. The molecule has 0 heterocycles. The highest BCUT2D eigenvalue weighted by molar-refractivity contribution is 4.95. The minimum Gasteiger partial charge on any atom is -0.301 e. The molecule has 0 rings (SSSR count). The molecule has 0 radical (unpaired) electrons. The number of hydroxylamine groups is 1. The van der Waals surface area contributed by atoms with Gasteiger partial charge in [-0.2, -0.15) is 5.48 Å². The Bertz CT molecular complexity index is 101. The largest absolute Gasteiger partial charge is 0.301 e. The lowest BCUT2D eigenvalue weighted by Gasteiger charge is -1.97. The third kappa shape index (κ3) is 7.48. The van der Waals surface area contributed by atoms with E-state index in [4.69, 9.17) is 4.84 Å². The van der Waals surface area contributed by atoms with Crippen LogP contribution in [0.15, 0.2) is 0 Å². The fourth-order valence-corrected chi connectivity index (χ4v) is 0.350. The summed E-state index contributed by atoms with van der Waals surface area (Å²) in [6, 6.07) is 0. The van der Waals surface area contributed by atoms with E-state index >= 15 is 0 Å². The fourth-order valence-electron chi connectivity index (χ4n) is 0.350. The third-order valence-corrected chi connectivity index (χ3v) is 0.746. The fraction of sp³-hybridized carbons (Fsp3) is 0.714. The zero-order chi connectivity index (χ0) is 6.95. The third-order valence-electron chi connectivity index (χ3n) is 0.746. The second-order valence-corrected chi connectivity index (χ2v) is 1.60. The Hall–Kier alpha value is -0.520. The molecule has 2 heteroatoms. The van der Waals surface area contributed by atoms with Gasteiger partial charge in [0.25, 0.3) is 0 Å².